The molecule has 0 amide bonds. The highest BCUT2D eigenvalue weighted by Crippen LogP contribution is 2.27. The van der Waals surface area contributed by atoms with Crippen LogP contribution in [0.4, 0.5) is 13.2 Å². The molecule has 0 atom stereocenters. The fourth-order valence-electron chi connectivity index (χ4n) is 2.94. The first kappa shape index (κ1) is 15.8. The van der Waals surface area contributed by atoms with E-state index in [2.05, 4.69) is 9.97 Å². The number of aromatic amines is 2. The standard InChI is InChI=1S/C15H17F3N4O/c1-8-5-9(2)19-11(8)6-22-4-3-10-12(7-22)20-14(15(16,17)18)21-13(10)23/h5,19H,3-4,6-7H2,1-2H3,(H,20,21,23). The zero-order valence-corrected chi connectivity index (χ0v) is 12.8. The van der Waals surface area contributed by atoms with Crippen LogP contribution in [0, 0.1) is 13.8 Å². The quantitative estimate of drug-likeness (QED) is 0.890. The van der Waals surface area contributed by atoms with Crippen LogP contribution >= 0.6 is 0 Å². The molecule has 0 aliphatic carbocycles. The maximum Gasteiger partial charge on any atom is 0.449 e. The number of hydrogen-bond acceptors (Lipinski definition) is 3. The summed E-state index contributed by atoms with van der Waals surface area (Å²) in [6, 6.07) is 2.03. The monoisotopic (exact) mass is 326 g/mol. The number of H-pyrrole nitrogens is 2. The van der Waals surface area contributed by atoms with E-state index in [0.717, 1.165) is 17.0 Å². The molecule has 1 aliphatic rings. The Kier molecular flexibility index (Phi) is 3.79. The Morgan fingerprint density at radius 3 is 2.65 bits per heavy atom. The third-order valence-corrected chi connectivity index (χ3v) is 4.06. The van der Waals surface area contributed by atoms with Crippen molar-refractivity contribution in [2.24, 2.45) is 0 Å². The third-order valence-electron chi connectivity index (χ3n) is 4.06. The topological polar surface area (TPSA) is 64.8 Å². The molecule has 3 rings (SSSR count). The average Bonchev–Trinajstić information content (AvgIpc) is 2.75. The molecular weight excluding hydrogens is 309 g/mol. The van der Waals surface area contributed by atoms with Gasteiger partial charge in [-0.15, -0.1) is 0 Å². The summed E-state index contributed by atoms with van der Waals surface area (Å²) in [7, 11) is 0. The normalized spacial score (nSPS) is 15.7. The highest BCUT2D eigenvalue weighted by molar-refractivity contribution is 5.25. The van der Waals surface area contributed by atoms with Crippen LogP contribution < -0.4 is 5.56 Å². The van der Waals surface area contributed by atoms with Crippen molar-refractivity contribution in [2.75, 3.05) is 6.54 Å². The third kappa shape index (κ3) is 3.17. The van der Waals surface area contributed by atoms with Crippen molar-refractivity contribution in [3.63, 3.8) is 0 Å². The lowest BCUT2D eigenvalue weighted by Gasteiger charge is -2.27. The van der Waals surface area contributed by atoms with Crippen molar-refractivity contribution in [1.29, 1.82) is 0 Å². The Morgan fingerprint density at radius 1 is 1.30 bits per heavy atom. The van der Waals surface area contributed by atoms with Gasteiger partial charge in [-0.1, -0.05) is 0 Å². The first-order valence-corrected chi connectivity index (χ1v) is 7.30. The van der Waals surface area contributed by atoms with Crippen LogP contribution in [0.3, 0.4) is 0 Å². The van der Waals surface area contributed by atoms with Gasteiger partial charge in [-0.05, 0) is 31.9 Å². The SMILES string of the molecule is Cc1cc(C)c(CN2CCc3c(nc(C(F)(F)F)[nH]c3=O)C2)[nH]1. The number of aromatic nitrogens is 3. The minimum Gasteiger partial charge on any atom is -0.361 e. The zero-order chi connectivity index (χ0) is 16.8. The largest absolute Gasteiger partial charge is 0.449 e. The fourth-order valence-corrected chi connectivity index (χ4v) is 2.94. The first-order chi connectivity index (χ1) is 10.7. The number of aryl methyl sites for hydroxylation is 2. The van der Waals surface area contributed by atoms with Gasteiger partial charge in [0.05, 0.1) is 5.69 Å². The molecule has 3 heterocycles. The Hall–Kier alpha value is -2.09. The number of nitrogens with one attached hydrogen (secondary N) is 2. The summed E-state index contributed by atoms with van der Waals surface area (Å²) < 4.78 is 38.4. The second-order valence-corrected chi connectivity index (χ2v) is 5.91. The van der Waals surface area contributed by atoms with E-state index in [4.69, 9.17) is 0 Å². The lowest BCUT2D eigenvalue weighted by molar-refractivity contribution is -0.145. The number of nitrogens with zero attached hydrogens (tertiary/aromatic N) is 2. The van der Waals surface area contributed by atoms with Gasteiger partial charge in [-0.2, -0.15) is 13.2 Å². The van der Waals surface area contributed by atoms with Gasteiger partial charge in [0.2, 0.25) is 5.82 Å². The van der Waals surface area contributed by atoms with E-state index in [9.17, 15) is 18.0 Å². The molecule has 1 aliphatic heterocycles. The Balaban J connectivity index is 1.86. The van der Waals surface area contributed by atoms with E-state index in [0.29, 0.717) is 25.1 Å². The fraction of sp³-hybridized carbons (Fsp3) is 0.467. The van der Waals surface area contributed by atoms with Crippen LogP contribution in [0.25, 0.3) is 0 Å². The van der Waals surface area contributed by atoms with Crippen LogP contribution in [0.1, 0.15) is 34.0 Å². The van der Waals surface area contributed by atoms with Crippen molar-refractivity contribution in [2.45, 2.75) is 39.5 Å². The van der Waals surface area contributed by atoms with Crippen molar-refractivity contribution in [1.82, 2.24) is 19.9 Å². The second kappa shape index (κ2) is 5.52. The molecule has 0 saturated heterocycles. The number of hydrogen-bond donors (Lipinski definition) is 2. The van der Waals surface area contributed by atoms with E-state index in [1.54, 1.807) is 0 Å². The van der Waals surface area contributed by atoms with Gasteiger partial charge in [0.1, 0.15) is 0 Å². The van der Waals surface area contributed by atoms with Crippen molar-refractivity contribution in [3.05, 3.63) is 50.5 Å². The number of alkyl halides is 3. The summed E-state index contributed by atoms with van der Waals surface area (Å²) >= 11 is 0. The molecule has 2 aromatic heterocycles. The van der Waals surface area contributed by atoms with Crippen molar-refractivity contribution in [3.8, 4) is 0 Å². The Morgan fingerprint density at radius 2 is 2.04 bits per heavy atom. The molecule has 0 aromatic carbocycles. The van der Waals surface area contributed by atoms with E-state index in [-0.39, 0.29) is 12.2 Å². The van der Waals surface area contributed by atoms with Crippen LogP contribution in [0.2, 0.25) is 0 Å². The average molecular weight is 326 g/mol. The van der Waals surface area contributed by atoms with Crippen molar-refractivity contribution < 1.29 is 13.2 Å². The predicted octanol–water partition coefficient (Wildman–Crippen LogP) is 2.29. The molecule has 0 fully saturated rings. The maximum absolute atomic E-state index is 12.8. The minimum absolute atomic E-state index is 0.216. The smallest absolute Gasteiger partial charge is 0.361 e. The second-order valence-electron chi connectivity index (χ2n) is 5.91. The number of rotatable bonds is 2. The molecule has 0 bridgehead atoms. The zero-order valence-electron chi connectivity index (χ0n) is 12.8. The summed E-state index contributed by atoms with van der Waals surface area (Å²) in [5.74, 6) is -1.23. The molecule has 23 heavy (non-hydrogen) atoms. The van der Waals surface area contributed by atoms with Crippen LogP contribution in [-0.2, 0) is 25.7 Å². The molecule has 2 N–H and O–H groups in total. The van der Waals surface area contributed by atoms with Gasteiger partial charge in [0.15, 0.2) is 0 Å². The van der Waals surface area contributed by atoms with Gasteiger partial charge in [-0.3, -0.25) is 9.69 Å². The highest BCUT2D eigenvalue weighted by Gasteiger charge is 2.36. The molecule has 0 saturated carbocycles. The number of fused-ring (bicyclic) bond motifs is 1. The summed E-state index contributed by atoms with van der Waals surface area (Å²) in [5, 5.41) is 0. The molecule has 5 nitrogen and oxygen atoms in total. The minimum atomic E-state index is -4.65. The van der Waals surface area contributed by atoms with Crippen LogP contribution in [0.5, 0.6) is 0 Å². The van der Waals surface area contributed by atoms with Crippen LogP contribution in [-0.4, -0.2) is 26.4 Å². The molecular formula is C15H17F3N4O. The van der Waals surface area contributed by atoms with Gasteiger partial charge < -0.3 is 9.97 Å². The maximum atomic E-state index is 12.8. The lowest BCUT2D eigenvalue weighted by Crippen LogP contribution is -2.36. The van der Waals surface area contributed by atoms with Crippen LogP contribution in [0.15, 0.2) is 10.9 Å². The number of halogens is 3. The molecule has 124 valence electrons. The van der Waals surface area contributed by atoms with E-state index < -0.39 is 17.6 Å². The molecule has 8 heteroatoms. The predicted molar refractivity (Wildman–Crippen MR) is 77.9 cm³/mol. The molecule has 0 radical (unpaired) electrons. The summed E-state index contributed by atoms with van der Waals surface area (Å²) in [6.45, 7) is 5.38. The summed E-state index contributed by atoms with van der Waals surface area (Å²) in [6.07, 6.45) is -4.25. The summed E-state index contributed by atoms with van der Waals surface area (Å²) in [4.78, 5) is 22.5. The lowest BCUT2D eigenvalue weighted by atomic mass is 10.1. The Bertz CT molecular complexity index is 791. The van der Waals surface area contributed by atoms with E-state index >= 15 is 0 Å². The highest BCUT2D eigenvalue weighted by atomic mass is 19.4. The molecule has 0 unspecified atom stereocenters. The van der Waals surface area contributed by atoms with E-state index in [1.165, 1.54) is 0 Å². The van der Waals surface area contributed by atoms with Crippen molar-refractivity contribution >= 4 is 0 Å². The van der Waals surface area contributed by atoms with Gasteiger partial charge >= 0.3 is 6.18 Å². The van der Waals surface area contributed by atoms with Gasteiger partial charge in [0.25, 0.3) is 5.56 Å². The van der Waals surface area contributed by atoms with E-state index in [1.807, 2.05) is 29.8 Å². The first-order valence-electron chi connectivity index (χ1n) is 7.30. The summed E-state index contributed by atoms with van der Waals surface area (Å²) in [5.41, 5.74) is 3.08. The molecule has 0 spiro atoms. The Labute approximate surface area is 130 Å². The van der Waals surface area contributed by atoms with Gasteiger partial charge in [-0.25, -0.2) is 4.98 Å². The molecule has 2 aromatic rings. The van der Waals surface area contributed by atoms with Gasteiger partial charge in [0, 0.05) is 36.6 Å².